The van der Waals surface area contributed by atoms with E-state index in [4.69, 9.17) is 0 Å². The standard InChI is InChI=1S/C11H12OS2/c1-7-5-8(6-12)9-3-4-14-11(9)10(7)13-2/h3-5,12H,6H2,1-2H3. The van der Waals surface area contributed by atoms with Gasteiger partial charge in [-0.25, -0.2) is 0 Å². The van der Waals surface area contributed by atoms with E-state index in [2.05, 4.69) is 30.7 Å². The minimum Gasteiger partial charge on any atom is -0.392 e. The molecule has 1 aromatic heterocycles. The molecule has 1 nitrogen and oxygen atoms in total. The first kappa shape index (κ1) is 10.0. The zero-order valence-corrected chi connectivity index (χ0v) is 9.84. The van der Waals surface area contributed by atoms with Gasteiger partial charge in [0, 0.05) is 9.60 Å². The van der Waals surface area contributed by atoms with Gasteiger partial charge in [0.1, 0.15) is 0 Å². The monoisotopic (exact) mass is 224 g/mol. The molecule has 3 heteroatoms. The topological polar surface area (TPSA) is 20.2 Å². The van der Waals surface area contributed by atoms with Crippen molar-refractivity contribution in [3.8, 4) is 0 Å². The van der Waals surface area contributed by atoms with Crippen LogP contribution in [-0.4, -0.2) is 11.4 Å². The molecule has 1 aromatic carbocycles. The molecule has 0 aliphatic carbocycles. The summed E-state index contributed by atoms with van der Waals surface area (Å²) < 4.78 is 1.31. The Hall–Kier alpha value is -0.510. The highest BCUT2D eigenvalue weighted by molar-refractivity contribution is 7.99. The quantitative estimate of drug-likeness (QED) is 0.789. The number of rotatable bonds is 2. The lowest BCUT2D eigenvalue weighted by molar-refractivity contribution is 0.283. The molecule has 2 rings (SSSR count). The van der Waals surface area contributed by atoms with Crippen molar-refractivity contribution in [3.63, 3.8) is 0 Å². The number of thioether (sulfide) groups is 1. The van der Waals surface area contributed by atoms with Crippen LogP contribution in [0, 0.1) is 6.92 Å². The number of thiophene rings is 1. The van der Waals surface area contributed by atoms with Gasteiger partial charge in [-0.15, -0.1) is 23.1 Å². The normalized spacial score (nSPS) is 11.1. The molecule has 0 saturated heterocycles. The first-order valence-corrected chi connectivity index (χ1v) is 6.53. The molecule has 0 aliphatic rings. The summed E-state index contributed by atoms with van der Waals surface area (Å²) in [5, 5.41) is 12.5. The number of aryl methyl sites for hydroxylation is 1. The maximum absolute atomic E-state index is 9.24. The highest BCUT2D eigenvalue weighted by Crippen LogP contribution is 2.35. The SMILES string of the molecule is CSc1c(C)cc(CO)c2ccsc12. The number of benzene rings is 1. The van der Waals surface area contributed by atoms with E-state index < -0.39 is 0 Å². The third kappa shape index (κ3) is 1.45. The Kier molecular flexibility index (Phi) is 2.81. The van der Waals surface area contributed by atoms with Crippen molar-refractivity contribution in [2.45, 2.75) is 18.4 Å². The minimum absolute atomic E-state index is 0.128. The van der Waals surface area contributed by atoms with Gasteiger partial charge in [0.15, 0.2) is 0 Å². The van der Waals surface area contributed by atoms with Crippen LogP contribution in [0.2, 0.25) is 0 Å². The van der Waals surface area contributed by atoms with E-state index in [1.807, 2.05) is 0 Å². The van der Waals surface area contributed by atoms with E-state index in [1.54, 1.807) is 23.1 Å². The van der Waals surface area contributed by atoms with Gasteiger partial charge >= 0.3 is 0 Å². The maximum Gasteiger partial charge on any atom is 0.0688 e. The van der Waals surface area contributed by atoms with E-state index in [9.17, 15) is 5.11 Å². The Balaban J connectivity index is 2.81. The fourth-order valence-corrected chi connectivity index (χ4v) is 3.71. The second kappa shape index (κ2) is 3.93. The number of aliphatic hydroxyl groups excluding tert-OH is 1. The van der Waals surface area contributed by atoms with Gasteiger partial charge < -0.3 is 5.11 Å². The molecule has 0 atom stereocenters. The first-order valence-electron chi connectivity index (χ1n) is 4.42. The van der Waals surface area contributed by atoms with Gasteiger partial charge in [0.05, 0.1) is 6.61 Å². The lowest BCUT2D eigenvalue weighted by Gasteiger charge is -2.07. The Morgan fingerprint density at radius 1 is 1.50 bits per heavy atom. The molecule has 0 bridgehead atoms. The Morgan fingerprint density at radius 3 is 2.93 bits per heavy atom. The van der Waals surface area contributed by atoms with Crippen LogP contribution in [0.15, 0.2) is 22.4 Å². The second-order valence-corrected chi connectivity index (χ2v) is 4.94. The summed E-state index contributed by atoms with van der Waals surface area (Å²) in [7, 11) is 0. The van der Waals surface area contributed by atoms with E-state index >= 15 is 0 Å². The summed E-state index contributed by atoms with van der Waals surface area (Å²) in [5.41, 5.74) is 2.30. The zero-order valence-electron chi connectivity index (χ0n) is 8.20. The lowest BCUT2D eigenvalue weighted by atomic mass is 10.1. The van der Waals surface area contributed by atoms with E-state index in [0.29, 0.717) is 0 Å². The smallest absolute Gasteiger partial charge is 0.0688 e. The molecule has 0 fully saturated rings. The molecule has 0 radical (unpaired) electrons. The van der Waals surface area contributed by atoms with Gasteiger partial charge in [-0.05, 0) is 41.1 Å². The number of hydrogen-bond acceptors (Lipinski definition) is 3. The summed E-state index contributed by atoms with van der Waals surface area (Å²) in [6.07, 6.45) is 2.10. The van der Waals surface area contributed by atoms with E-state index in [1.165, 1.54) is 20.5 Å². The summed E-state index contributed by atoms with van der Waals surface area (Å²) in [6, 6.07) is 4.17. The average molecular weight is 224 g/mol. The van der Waals surface area contributed by atoms with Crippen molar-refractivity contribution >= 4 is 33.2 Å². The molecular weight excluding hydrogens is 212 g/mol. The van der Waals surface area contributed by atoms with Crippen molar-refractivity contribution in [1.29, 1.82) is 0 Å². The lowest BCUT2D eigenvalue weighted by Crippen LogP contribution is -1.88. The van der Waals surface area contributed by atoms with Crippen molar-refractivity contribution in [2.75, 3.05) is 6.26 Å². The van der Waals surface area contributed by atoms with Gasteiger partial charge in [0.25, 0.3) is 0 Å². The molecule has 2 aromatic rings. The summed E-state index contributed by atoms with van der Waals surface area (Å²) in [4.78, 5) is 1.34. The average Bonchev–Trinajstić information content (AvgIpc) is 2.65. The fraction of sp³-hybridized carbons (Fsp3) is 0.273. The van der Waals surface area contributed by atoms with Crippen LogP contribution in [-0.2, 0) is 6.61 Å². The van der Waals surface area contributed by atoms with Crippen LogP contribution >= 0.6 is 23.1 Å². The first-order chi connectivity index (χ1) is 6.77. The van der Waals surface area contributed by atoms with Crippen molar-refractivity contribution in [2.24, 2.45) is 0 Å². The number of fused-ring (bicyclic) bond motifs is 1. The van der Waals surface area contributed by atoms with Gasteiger partial charge in [-0.1, -0.05) is 6.07 Å². The third-order valence-electron chi connectivity index (χ3n) is 2.34. The third-order valence-corrected chi connectivity index (χ3v) is 4.34. The highest BCUT2D eigenvalue weighted by atomic mass is 32.2. The molecular formula is C11H12OS2. The molecule has 1 N–H and O–H groups in total. The maximum atomic E-state index is 9.24. The predicted molar refractivity (Wildman–Crippen MR) is 64.3 cm³/mol. The fourth-order valence-electron chi connectivity index (χ4n) is 1.71. The van der Waals surface area contributed by atoms with E-state index in [-0.39, 0.29) is 6.61 Å². The van der Waals surface area contributed by atoms with Crippen LogP contribution in [0.3, 0.4) is 0 Å². The number of hydrogen-bond donors (Lipinski definition) is 1. The predicted octanol–water partition coefficient (Wildman–Crippen LogP) is 3.42. The largest absolute Gasteiger partial charge is 0.392 e. The summed E-state index contributed by atoms with van der Waals surface area (Å²) >= 11 is 3.53. The molecule has 74 valence electrons. The highest BCUT2D eigenvalue weighted by Gasteiger charge is 2.09. The van der Waals surface area contributed by atoms with Gasteiger partial charge in [0.2, 0.25) is 0 Å². The molecule has 0 aliphatic heterocycles. The minimum atomic E-state index is 0.128. The molecule has 0 saturated carbocycles. The number of aliphatic hydroxyl groups is 1. The van der Waals surface area contributed by atoms with E-state index in [0.717, 1.165) is 5.56 Å². The molecule has 0 spiro atoms. The summed E-state index contributed by atoms with van der Waals surface area (Å²) in [6.45, 7) is 2.23. The van der Waals surface area contributed by atoms with Gasteiger partial charge in [-0.3, -0.25) is 0 Å². The Labute approximate surface area is 91.8 Å². The Bertz CT molecular complexity index is 460. The molecule has 1 heterocycles. The van der Waals surface area contributed by atoms with Gasteiger partial charge in [-0.2, -0.15) is 0 Å². The van der Waals surface area contributed by atoms with Crippen molar-refractivity contribution in [1.82, 2.24) is 0 Å². The van der Waals surface area contributed by atoms with Crippen molar-refractivity contribution in [3.05, 3.63) is 28.6 Å². The van der Waals surface area contributed by atoms with Crippen LogP contribution in [0.4, 0.5) is 0 Å². The molecule has 0 unspecified atom stereocenters. The molecule has 0 amide bonds. The summed E-state index contributed by atoms with van der Waals surface area (Å²) in [5.74, 6) is 0. The van der Waals surface area contributed by atoms with Crippen LogP contribution in [0.5, 0.6) is 0 Å². The van der Waals surface area contributed by atoms with Crippen LogP contribution in [0.25, 0.3) is 10.1 Å². The van der Waals surface area contributed by atoms with Crippen molar-refractivity contribution < 1.29 is 5.11 Å². The Morgan fingerprint density at radius 2 is 2.29 bits per heavy atom. The second-order valence-electron chi connectivity index (χ2n) is 3.21. The zero-order chi connectivity index (χ0) is 10.1. The van der Waals surface area contributed by atoms with Crippen LogP contribution < -0.4 is 0 Å². The van der Waals surface area contributed by atoms with Crippen LogP contribution in [0.1, 0.15) is 11.1 Å². The molecule has 14 heavy (non-hydrogen) atoms.